The van der Waals surface area contributed by atoms with Gasteiger partial charge in [-0.05, 0) is 19.1 Å². The molecule has 0 aliphatic rings. The highest BCUT2D eigenvalue weighted by Crippen LogP contribution is 2.26. The summed E-state index contributed by atoms with van der Waals surface area (Å²) in [6.45, 7) is 1.99. The predicted molar refractivity (Wildman–Crippen MR) is 65.0 cm³/mol. The van der Waals surface area contributed by atoms with E-state index in [9.17, 15) is 0 Å². The van der Waals surface area contributed by atoms with Crippen LogP contribution in [0.1, 0.15) is 11.1 Å². The average molecular weight is 216 g/mol. The molecule has 0 fully saturated rings. The lowest BCUT2D eigenvalue weighted by molar-refractivity contribution is 0.413. The summed E-state index contributed by atoms with van der Waals surface area (Å²) in [5.74, 6) is 0.722. The zero-order valence-electron chi connectivity index (χ0n) is 10.1. The Hall–Kier alpha value is -1.95. The van der Waals surface area contributed by atoms with E-state index in [0.717, 1.165) is 16.9 Å². The molecular weight excluding hydrogens is 200 g/mol. The largest absolute Gasteiger partial charge is 0.496 e. The van der Waals surface area contributed by atoms with Crippen LogP contribution in [0.25, 0.3) is 5.57 Å². The van der Waals surface area contributed by atoms with Crippen LogP contribution >= 0.6 is 0 Å². The molecule has 0 radical (unpaired) electrons. The maximum absolute atomic E-state index is 9.14. The van der Waals surface area contributed by atoms with Gasteiger partial charge in [0, 0.05) is 25.9 Å². The quantitative estimate of drug-likeness (QED) is 0.728. The standard InChI is InChI=1S/C13H16N2O/c1-10-5-6-13(16-4)12(7-10)11(8-14)9-15(2)3/h5-7,9H,1-4H3/b11-9+. The summed E-state index contributed by atoms with van der Waals surface area (Å²) in [6, 6.07) is 7.99. The van der Waals surface area contributed by atoms with Gasteiger partial charge in [-0.1, -0.05) is 11.6 Å². The molecule has 1 aromatic carbocycles. The molecule has 3 nitrogen and oxygen atoms in total. The number of nitriles is 1. The summed E-state index contributed by atoms with van der Waals surface area (Å²) in [4.78, 5) is 1.85. The Kier molecular flexibility index (Phi) is 3.96. The number of methoxy groups -OCH3 is 1. The first-order valence-corrected chi connectivity index (χ1v) is 5.02. The second-order valence-corrected chi connectivity index (χ2v) is 3.82. The normalized spacial score (nSPS) is 10.8. The van der Waals surface area contributed by atoms with Gasteiger partial charge < -0.3 is 9.64 Å². The number of aryl methyl sites for hydroxylation is 1. The SMILES string of the molecule is COc1ccc(C)cc1/C(C#N)=C/N(C)C. The highest BCUT2D eigenvalue weighted by Gasteiger charge is 2.08. The Morgan fingerprint density at radius 1 is 1.44 bits per heavy atom. The molecule has 0 unspecified atom stereocenters. The molecule has 0 saturated carbocycles. The second kappa shape index (κ2) is 5.22. The second-order valence-electron chi connectivity index (χ2n) is 3.82. The first-order valence-electron chi connectivity index (χ1n) is 5.02. The van der Waals surface area contributed by atoms with Gasteiger partial charge in [0.25, 0.3) is 0 Å². The van der Waals surface area contributed by atoms with Gasteiger partial charge in [-0.3, -0.25) is 0 Å². The van der Waals surface area contributed by atoms with E-state index >= 15 is 0 Å². The number of nitrogens with zero attached hydrogens (tertiary/aromatic N) is 2. The molecule has 0 amide bonds. The van der Waals surface area contributed by atoms with Gasteiger partial charge in [0.15, 0.2) is 0 Å². The highest BCUT2D eigenvalue weighted by atomic mass is 16.5. The van der Waals surface area contributed by atoms with E-state index < -0.39 is 0 Å². The van der Waals surface area contributed by atoms with Crippen LogP contribution in [0, 0.1) is 18.3 Å². The van der Waals surface area contributed by atoms with Crippen molar-refractivity contribution in [1.82, 2.24) is 4.90 Å². The van der Waals surface area contributed by atoms with Gasteiger partial charge in [0.05, 0.1) is 12.7 Å². The van der Waals surface area contributed by atoms with Crippen molar-refractivity contribution in [3.05, 3.63) is 35.5 Å². The van der Waals surface area contributed by atoms with E-state index in [-0.39, 0.29) is 0 Å². The average Bonchev–Trinajstić information content (AvgIpc) is 2.25. The molecular formula is C13H16N2O. The van der Waals surface area contributed by atoms with Gasteiger partial charge in [-0.2, -0.15) is 5.26 Å². The molecule has 0 aromatic heterocycles. The minimum absolute atomic E-state index is 0.602. The first kappa shape index (κ1) is 12.1. The minimum Gasteiger partial charge on any atom is -0.496 e. The highest BCUT2D eigenvalue weighted by molar-refractivity contribution is 5.80. The van der Waals surface area contributed by atoms with Crippen LogP contribution in [-0.2, 0) is 0 Å². The first-order chi connectivity index (χ1) is 7.58. The minimum atomic E-state index is 0.602. The fourth-order valence-electron chi connectivity index (χ4n) is 1.45. The van der Waals surface area contributed by atoms with Gasteiger partial charge in [0.2, 0.25) is 0 Å². The number of rotatable bonds is 3. The van der Waals surface area contributed by atoms with Crippen LogP contribution in [0.3, 0.4) is 0 Å². The Bertz CT molecular complexity index is 442. The molecule has 1 rings (SSSR count). The third-order valence-corrected chi connectivity index (χ3v) is 2.15. The fraction of sp³-hybridized carbons (Fsp3) is 0.308. The van der Waals surface area contributed by atoms with Crippen LogP contribution in [0.15, 0.2) is 24.4 Å². The van der Waals surface area contributed by atoms with E-state index in [1.165, 1.54) is 0 Å². The number of ether oxygens (including phenoxy) is 1. The lowest BCUT2D eigenvalue weighted by atomic mass is 10.0. The lowest BCUT2D eigenvalue weighted by Gasteiger charge is -2.11. The predicted octanol–water partition coefficient (Wildman–Crippen LogP) is 2.43. The van der Waals surface area contributed by atoms with E-state index in [0.29, 0.717) is 5.57 Å². The van der Waals surface area contributed by atoms with Gasteiger partial charge >= 0.3 is 0 Å². The number of hydrogen-bond donors (Lipinski definition) is 0. The summed E-state index contributed by atoms with van der Waals surface area (Å²) in [5, 5.41) is 9.14. The molecule has 16 heavy (non-hydrogen) atoms. The van der Waals surface area contributed by atoms with Crippen molar-refractivity contribution in [1.29, 1.82) is 5.26 Å². The molecule has 0 saturated heterocycles. The molecule has 0 aliphatic heterocycles. The topological polar surface area (TPSA) is 36.3 Å². The van der Waals surface area contributed by atoms with Crippen molar-refractivity contribution in [2.45, 2.75) is 6.92 Å². The van der Waals surface area contributed by atoms with Crippen LogP contribution < -0.4 is 4.74 Å². The Morgan fingerprint density at radius 3 is 2.62 bits per heavy atom. The Balaban J connectivity index is 3.30. The van der Waals surface area contributed by atoms with Crippen LogP contribution in [-0.4, -0.2) is 26.1 Å². The summed E-state index contributed by atoms with van der Waals surface area (Å²) in [7, 11) is 5.39. The van der Waals surface area contributed by atoms with Crippen LogP contribution in [0.4, 0.5) is 0 Å². The van der Waals surface area contributed by atoms with Crippen molar-refractivity contribution in [3.63, 3.8) is 0 Å². The summed E-state index contributed by atoms with van der Waals surface area (Å²) in [5.41, 5.74) is 2.54. The van der Waals surface area contributed by atoms with Crippen molar-refractivity contribution in [2.24, 2.45) is 0 Å². The lowest BCUT2D eigenvalue weighted by Crippen LogP contribution is -2.03. The molecule has 0 aliphatic carbocycles. The molecule has 0 atom stereocenters. The van der Waals surface area contributed by atoms with E-state index in [1.807, 2.05) is 44.1 Å². The van der Waals surface area contributed by atoms with Crippen LogP contribution in [0.5, 0.6) is 5.75 Å². The number of hydrogen-bond acceptors (Lipinski definition) is 3. The zero-order chi connectivity index (χ0) is 12.1. The van der Waals surface area contributed by atoms with Crippen molar-refractivity contribution >= 4 is 5.57 Å². The summed E-state index contributed by atoms with van der Waals surface area (Å²) < 4.78 is 5.25. The zero-order valence-corrected chi connectivity index (χ0v) is 10.1. The molecule has 3 heteroatoms. The van der Waals surface area contributed by atoms with E-state index in [4.69, 9.17) is 10.00 Å². The maximum Gasteiger partial charge on any atom is 0.127 e. The third-order valence-electron chi connectivity index (χ3n) is 2.15. The number of allylic oxidation sites excluding steroid dienone is 1. The molecule has 84 valence electrons. The van der Waals surface area contributed by atoms with Crippen molar-refractivity contribution in [3.8, 4) is 11.8 Å². The Labute approximate surface area is 96.6 Å². The van der Waals surface area contributed by atoms with E-state index in [2.05, 4.69) is 6.07 Å². The fourth-order valence-corrected chi connectivity index (χ4v) is 1.45. The van der Waals surface area contributed by atoms with Gasteiger partial charge in [-0.25, -0.2) is 0 Å². The number of benzene rings is 1. The summed E-state index contributed by atoms with van der Waals surface area (Å²) >= 11 is 0. The molecule has 0 bridgehead atoms. The van der Waals surface area contributed by atoms with E-state index in [1.54, 1.807) is 13.3 Å². The van der Waals surface area contributed by atoms with Gasteiger partial charge in [0.1, 0.15) is 11.8 Å². The maximum atomic E-state index is 9.14. The van der Waals surface area contributed by atoms with Crippen molar-refractivity contribution in [2.75, 3.05) is 21.2 Å². The molecule has 1 aromatic rings. The third kappa shape index (κ3) is 2.77. The smallest absolute Gasteiger partial charge is 0.127 e. The van der Waals surface area contributed by atoms with Crippen LogP contribution in [0.2, 0.25) is 0 Å². The molecule has 0 heterocycles. The van der Waals surface area contributed by atoms with Crippen molar-refractivity contribution < 1.29 is 4.74 Å². The monoisotopic (exact) mass is 216 g/mol. The molecule has 0 spiro atoms. The molecule has 0 N–H and O–H groups in total. The van der Waals surface area contributed by atoms with Gasteiger partial charge in [-0.15, -0.1) is 0 Å². The Morgan fingerprint density at radius 2 is 2.12 bits per heavy atom. The summed E-state index contributed by atoms with van der Waals surface area (Å²) in [6.07, 6.45) is 1.79.